The van der Waals surface area contributed by atoms with Gasteiger partial charge in [0.15, 0.2) is 0 Å². The van der Waals surface area contributed by atoms with Gasteiger partial charge in [0.1, 0.15) is 6.04 Å². The van der Waals surface area contributed by atoms with Gasteiger partial charge in [0.2, 0.25) is 5.91 Å². The Balaban J connectivity index is 2.31. The molecule has 1 heterocycles. The van der Waals surface area contributed by atoms with Crippen LogP contribution in [0.4, 0.5) is 10.5 Å². The highest BCUT2D eigenvalue weighted by Gasteiger charge is 2.30. The van der Waals surface area contributed by atoms with Crippen molar-refractivity contribution in [3.63, 3.8) is 0 Å². The Morgan fingerprint density at radius 1 is 1.50 bits per heavy atom. The molecule has 1 aliphatic rings. The Kier molecular flexibility index (Phi) is 3.50. The van der Waals surface area contributed by atoms with E-state index >= 15 is 0 Å². The van der Waals surface area contributed by atoms with Crippen molar-refractivity contribution in [2.24, 2.45) is 0 Å². The smallest absolute Gasteiger partial charge is 0.410 e. The number of carbonyl (C=O) groups is 2. The second-order valence-corrected chi connectivity index (χ2v) is 4.15. The Morgan fingerprint density at radius 3 is 2.94 bits per heavy atom. The molecular weight excluding hydrogens is 232 g/mol. The molecule has 0 fully saturated rings. The highest BCUT2D eigenvalue weighted by molar-refractivity contribution is 5.97. The summed E-state index contributed by atoms with van der Waals surface area (Å²) in [7, 11) is 0. The highest BCUT2D eigenvalue weighted by Crippen LogP contribution is 2.23. The summed E-state index contributed by atoms with van der Waals surface area (Å²) >= 11 is 0. The lowest BCUT2D eigenvalue weighted by molar-refractivity contribution is -0.120. The third-order valence-corrected chi connectivity index (χ3v) is 2.97. The van der Waals surface area contributed by atoms with E-state index < -0.39 is 12.1 Å². The molecule has 1 aromatic carbocycles. The first-order valence-corrected chi connectivity index (χ1v) is 5.95. The number of nitrogens with one attached hydrogen (secondary N) is 1. The van der Waals surface area contributed by atoms with Gasteiger partial charge in [-0.1, -0.05) is 18.2 Å². The molecule has 1 aromatic rings. The van der Waals surface area contributed by atoms with Crippen LogP contribution in [0.25, 0.3) is 0 Å². The fourth-order valence-electron chi connectivity index (χ4n) is 1.91. The van der Waals surface area contributed by atoms with Crippen molar-refractivity contribution in [2.45, 2.75) is 26.4 Å². The van der Waals surface area contributed by atoms with Gasteiger partial charge in [-0.3, -0.25) is 9.69 Å². The molecule has 5 nitrogen and oxygen atoms in total. The van der Waals surface area contributed by atoms with Crippen molar-refractivity contribution < 1.29 is 14.3 Å². The lowest BCUT2D eigenvalue weighted by Crippen LogP contribution is -2.43. The second-order valence-electron chi connectivity index (χ2n) is 4.15. The Labute approximate surface area is 106 Å². The number of fused-ring (bicyclic) bond motifs is 1. The molecule has 1 unspecified atom stereocenters. The Bertz CT molecular complexity index is 473. The van der Waals surface area contributed by atoms with Gasteiger partial charge < -0.3 is 10.1 Å². The highest BCUT2D eigenvalue weighted by atomic mass is 16.6. The van der Waals surface area contributed by atoms with Gasteiger partial charge in [-0.05, 0) is 25.5 Å². The van der Waals surface area contributed by atoms with Crippen LogP contribution in [-0.4, -0.2) is 29.5 Å². The summed E-state index contributed by atoms with van der Waals surface area (Å²) in [6.07, 6.45) is -0.461. The van der Waals surface area contributed by atoms with Gasteiger partial charge in [0, 0.05) is 5.69 Å². The number of benzene rings is 1. The average Bonchev–Trinajstić information content (AvgIpc) is 2.48. The number of para-hydroxylation sites is 1. The van der Waals surface area contributed by atoms with Crippen LogP contribution >= 0.6 is 0 Å². The summed E-state index contributed by atoms with van der Waals surface area (Å²) in [6.45, 7) is 4.10. The Hall–Kier alpha value is -2.04. The molecule has 5 heteroatoms. The van der Waals surface area contributed by atoms with E-state index in [0.29, 0.717) is 13.2 Å². The molecule has 96 valence electrons. The van der Waals surface area contributed by atoms with E-state index in [-0.39, 0.29) is 5.91 Å². The predicted molar refractivity (Wildman–Crippen MR) is 67.1 cm³/mol. The van der Waals surface area contributed by atoms with Crippen molar-refractivity contribution in [1.82, 2.24) is 4.90 Å². The minimum Gasteiger partial charge on any atom is -0.450 e. The number of nitrogens with zero attached hydrogens (tertiary/aromatic N) is 1. The first-order chi connectivity index (χ1) is 8.63. The number of carbonyl (C=O) groups excluding carboxylic acids is 2. The van der Waals surface area contributed by atoms with E-state index in [2.05, 4.69) is 5.32 Å². The fourth-order valence-corrected chi connectivity index (χ4v) is 1.91. The summed E-state index contributed by atoms with van der Waals surface area (Å²) in [6, 6.07) is 6.90. The third-order valence-electron chi connectivity index (χ3n) is 2.97. The molecule has 0 aliphatic carbocycles. The molecular formula is C13H16N2O3. The van der Waals surface area contributed by atoms with Gasteiger partial charge in [-0.25, -0.2) is 4.79 Å². The van der Waals surface area contributed by atoms with Crippen LogP contribution < -0.4 is 5.32 Å². The van der Waals surface area contributed by atoms with E-state index in [4.69, 9.17) is 4.74 Å². The quantitative estimate of drug-likeness (QED) is 0.826. The van der Waals surface area contributed by atoms with E-state index in [9.17, 15) is 9.59 Å². The van der Waals surface area contributed by atoms with Gasteiger partial charge in [-0.15, -0.1) is 0 Å². The minimum absolute atomic E-state index is 0.201. The van der Waals surface area contributed by atoms with E-state index in [1.54, 1.807) is 13.8 Å². The first kappa shape index (κ1) is 12.4. The van der Waals surface area contributed by atoms with Crippen LogP contribution in [0.2, 0.25) is 0 Å². The van der Waals surface area contributed by atoms with Crippen LogP contribution in [-0.2, 0) is 16.1 Å². The number of anilines is 1. The van der Waals surface area contributed by atoms with Gasteiger partial charge in [0.05, 0.1) is 13.2 Å². The van der Waals surface area contributed by atoms with Crippen molar-refractivity contribution in [1.29, 1.82) is 0 Å². The second kappa shape index (κ2) is 5.08. The topological polar surface area (TPSA) is 58.6 Å². The number of rotatable bonds is 1. The standard InChI is InChI=1S/C13H16N2O3/c1-3-18-13(17)15-8-10-6-4-5-7-11(10)14-12(16)9(15)2/h4-7,9H,3,8H2,1-2H3,(H,14,16). The summed E-state index contributed by atoms with van der Waals surface area (Å²) in [4.78, 5) is 25.2. The van der Waals surface area contributed by atoms with E-state index in [1.807, 2.05) is 24.3 Å². The average molecular weight is 248 g/mol. The van der Waals surface area contributed by atoms with Crippen molar-refractivity contribution in [2.75, 3.05) is 11.9 Å². The first-order valence-electron chi connectivity index (χ1n) is 5.95. The van der Waals surface area contributed by atoms with Gasteiger partial charge in [0.25, 0.3) is 0 Å². The number of ether oxygens (including phenoxy) is 1. The molecule has 0 bridgehead atoms. The van der Waals surface area contributed by atoms with Crippen molar-refractivity contribution >= 4 is 17.7 Å². The zero-order valence-corrected chi connectivity index (χ0v) is 10.5. The van der Waals surface area contributed by atoms with Crippen LogP contribution in [0.15, 0.2) is 24.3 Å². The normalized spacial score (nSPS) is 18.7. The summed E-state index contributed by atoms with van der Waals surface area (Å²) in [5, 5.41) is 2.81. The van der Waals surface area contributed by atoms with Gasteiger partial charge >= 0.3 is 6.09 Å². The van der Waals surface area contributed by atoms with Crippen LogP contribution in [0.3, 0.4) is 0 Å². The monoisotopic (exact) mass is 248 g/mol. The van der Waals surface area contributed by atoms with E-state index in [1.165, 1.54) is 4.90 Å². The maximum atomic E-state index is 11.9. The lowest BCUT2D eigenvalue weighted by Gasteiger charge is -2.24. The fraction of sp³-hybridized carbons (Fsp3) is 0.385. The molecule has 1 aliphatic heterocycles. The van der Waals surface area contributed by atoms with Gasteiger partial charge in [-0.2, -0.15) is 0 Å². The molecule has 0 aromatic heterocycles. The maximum Gasteiger partial charge on any atom is 0.410 e. The molecule has 1 N–H and O–H groups in total. The SMILES string of the molecule is CCOC(=O)N1Cc2ccccc2NC(=O)C1C. The predicted octanol–water partition coefficient (Wildman–Crippen LogP) is 1.99. The zero-order chi connectivity index (χ0) is 13.1. The molecule has 0 saturated heterocycles. The summed E-state index contributed by atoms with van der Waals surface area (Å²) < 4.78 is 4.98. The maximum absolute atomic E-state index is 11.9. The molecule has 0 saturated carbocycles. The summed E-state index contributed by atoms with van der Waals surface area (Å²) in [5.41, 5.74) is 1.66. The number of hydrogen-bond donors (Lipinski definition) is 1. The Morgan fingerprint density at radius 2 is 2.22 bits per heavy atom. The molecule has 0 radical (unpaired) electrons. The number of hydrogen-bond acceptors (Lipinski definition) is 3. The van der Waals surface area contributed by atoms with Crippen LogP contribution in [0, 0.1) is 0 Å². The molecule has 18 heavy (non-hydrogen) atoms. The molecule has 0 spiro atoms. The molecule has 1 atom stereocenters. The molecule has 2 rings (SSSR count). The third kappa shape index (κ3) is 2.30. The number of amides is 2. The van der Waals surface area contributed by atoms with Crippen LogP contribution in [0.5, 0.6) is 0 Å². The molecule has 2 amide bonds. The largest absolute Gasteiger partial charge is 0.450 e. The van der Waals surface area contributed by atoms with Crippen molar-refractivity contribution in [3.8, 4) is 0 Å². The summed E-state index contributed by atoms with van der Waals surface area (Å²) in [5.74, 6) is -0.201. The van der Waals surface area contributed by atoms with E-state index in [0.717, 1.165) is 11.3 Å². The van der Waals surface area contributed by atoms with Crippen molar-refractivity contribution in [3.05, 3.63) is 29.8 Å². The van der Waals surface area contributed by atoms with Crippen LogP contribution in [0.1, 0.15) is 19.4 Å². The zero-order valence-electron chi connectivity index (χ0n) is 10.5. The lowest BCUT2D eigenvalue weighted by atomic mass is 10.2. The minimum atomic E-state index is -0.545.